The molecule has 1 atom stereocenters. The number of aromatic nitrogens is 1. The topological polar surface area (TPSA) is 81.8 Å². The maximum Gasteiger partial charge on any atom is 0.239 e. The van der Waals surface area contributed by atoms with Gasteiger partial charge in [0.25, 0.3) is 0 Å². The molecule has 2 aromatic rings. The van der Waals surface area contributed by atoms with E-state index in [0.29, 0.717) is 29.7 Å². The molecule has 1 aromatic carbocycles. The molecule has 140 valence electrons. The zero-order valence-corrected chi connectivity index (χ0v) is 15.4. The highest BCUT2D eigenvalue weighted by Gasteiger charge is 2.22. The molecule has 0 spiro atoms. The van der Waals surface area contributed by atoms with Crippen LogP contribution in [-0.4, -0.2) is 65.2 Å². The minimum Gasteiger partial charge on any atom is -0.387 e. The number of nitrogens with zero attached hydrogens (tertiary/aromatic N) is 3. The molecule has 0 saturated carbocycles. The number of piperazine rings is 1. The lowest BCUT2D eigenvalue weighted by Gasteiger charge is -2.35. The van der Waals surface area contributed by atoms with Gasteiger partial charge in [-0.25, -0.2) is 0 Å². The predicted octanol–water partition coefficient (Wildman–Crippen LogP) is 1.93. The number of aliphatic hydroxyl groups excluding tert-OH is 1. The molecule has 0 radical (unpaired) electrons. The fourth-order valence-corrected chi connectivity index (χ4v) is 3.29. The van der Waals surface area contributed by atoms with Crippen LogP contribution in [0.25, 0.3) is 0 Å². The van der Waals surface area contributed by atoms with Crippen LogP contribution in [-0.2, 0) is 4.79 Å². The van der Waals surface area contributed by atoms with Crippen LogP contribution in [0.4, 0.5) is 5.82 Å². The number of β-amino-alcohol motifs (C(OH)–C–C–N with tert-alkyl or cyclic N) is 1. The monoisotopic (exact) mass is 378 g/mol. The van der Waals surface area contributed by atoms with Crippen LogP contribution < -0.4 is 5.32 Å². The lowest BCUT2D eigenvalue weighted by molar-refractivity contribution is -0.117. The van der Waals surface area contributed by atoms with Gasteiger partial charge < -0.3 is 14.9 Å². The number of anilines is 1. The number of carbonyl (C=O) groups is 1. The van der Waals surface area contributed by atoms with Gasteiger partial charge in [-0.3, -0.25) is 14.6 Å². The Bertz CT molecular complexity index is 744. The van der Waals surface area contributed by atoms with Crippen LogP contribution in [0.5, 0.6) is 0 Å². The second-order valence-electron chi connectivity index (χ2n) is 6.49. The third-order valence-corrected chi connectivity index (χ3v) is 4.77. The first-order chi connectivity index (χ1) is 12.5. The second kappa shape index (κ2) is 8.64. The molecule has 8 heteroatoms. The Morgan fingerprint density at radius 1 is 1.31 bits per heavy atom. The Kier molecular flexibility index (Phi) is 6.26. The fraction of sp³-hybridized carbons (Fsp3) is 0.444. The van der Waals surface area contributed by atoms with Crippen molar-refractivity contribution in [2.24, 2.45) is 0 Å². The van der Waals surface area contributed by atoms with Crippen LogP contribution in [0.2, 0.25) is 5.02 Å². The first kappa shape index (κ1) is 18.8. The molecule has 1 fully saturated rings. The van der Waals surface area contributed by atoms with Crippen LogP contribution in [0, 0.1) is 6.92 Å². The molecule has 1 aliphatic rings. The highest BCUT2D eigenvalue weighted by Crippen LogP contribution is 2.23. The first-order valence-electron chi connectivity index (χ1n) is 8.61. The number of amides is 1. The second-order valence-corrected chi connectivity index (χ2v) is 6.89. The van der Waals surface area contributed by atoms with Crippen molar-refractivity contribution in [3.63, 3.8) is 0 Å². The van der Waals surface area contributed by atoms with Crippen molar-refractivity contribution in [1.82, 2.24) is 15.0 Å². The lowest BCUT2D eigenvalue weighted by Crippen LogP contribution is -2.49. The van der Waals surface area contributed by atoms with Crippen LogP contribution in [0.15, 0.2) is 34.9 Å². The largest absolute Gasteiger partial charge is 0.387 e. The van der Waals surface area contributed by atoms with E-state index in [9.17, 15) is 9.90 Å². The zero-order valence-electron chi connectivity index (χ0n) is 14.7. The number of aliphatic hydroxyl groups is 1. The van der Waals surface area contributed by atoms with E-state index in [1.165, 1.54) is 0 Å². The highest BCUT2D eigenvalue weighted by molar-refractivity contribution is 6.31. The molecule has 2 N–H and O–H groups in total. The fourth-order valence-electron chi connectivity index (χ4n) is 3.03. The van der Waals surface area contributed by atoms with Crippen molar-refractivity contribution in [1.29, 1.82) is 0 Å². The Hall–Kier alpha value is -1.93. The number of aryl methyl sites for hydroxylation is 1. The number of hydrogen-bond acceptors (Lipinski definition) is 6. The average molecular weight is 379 g/mol. The molecular weight excluding hydrogens is 356 g/mol. The summed E-state index contributed by atoms with van der Waals surface area (Å²) in [6.07, 6.45) is -0.617. The summed E-state index contributed by atoms with van der Waals surface area (Å²) in [7, 11) is 0. The summed E-state index contributed by atoms with van der Waals surface area (Å²) in [5, 5.41) is 17.5. The number of rotatable bonds is 6. The molecule has 0 bridgehead atoms. The maximum atomic E-state index is 12.1. The van der Waals surface area contributed by atoms with Crippen LogP contribution >= 0.6 is 11.6 Å². The number of hydrogen-bond donors (Lipinski definition) is 2. The Balaban J connectivity index is 1.42. The summed E-state index contributed by atoms with van der Waals surface area (Å²) in [5.41, 5.74) is 0.749. The van der Waals surface area contributed by atoms with Crippen LogP contribution in [0.1, 0.15) is 17.4 Å². The van der Waals surface area contributed by atoms with Gasteiger partial charge in [-0.05, 0) is 13.0 Å². The molecule has 26 heavy (non-hydrogen) atoms. The van der Waals surface area contributed by atoms with Crippen molar-refractivity contribution in [2.45, 2.75) is 13.0 Å². The third kappa shape index (κ3) is 5.04. The van der Waals surface area contributed by atoms with Gasteiger partial charge in [0.2, 0.25) is 5.91 Å². The van der Waals surface area contributed by atoms with Gasteiger partial charge in [-0.1, -0.05) is 35.0 Å². The van der Waals surface area contributed by atoms with Crippen LogP contribution in [0.3, 0.4) is 0 Å². The summed E-state index contributed by atoms with van der Waals surface area (Å²) < 4.78 is 4.93. The van der Waals surface area contributed by atoms with Gasteiger partial charge in [0, 0.05) is 49.4 Å². The van der Waals surface area contributed by atoms with Crippen molar-refractivity contribution >= 4 is 23.3 Å². The van der Waals surface area contributed by atoms with Crippen molar-refractivity contribution < 1.29 is 14.4 Å². The number of halogens is 1. The van der Waals surface area contributed by atoms with E-state index in [-0.39, 0.29) is 5.91 Å². The van der Waals surface area contributed by atoms with Crippen molar-refractivity contribution in [3.05, 3.63) is 46.7 Å². The number of nitrogens with one attached hydrogen (secondary N) is 1. The Labute approximate surface area is 157 Å². The summed E-state index contributed by atoms with van der Waals surface area (Å²) in [5.74, 6) is 0.989. The predicted molar refractivity (Wildman–Crippen MR) is 99.2 cm³/mol. The van der Waals surface area contributed by atoms with Gasteiger partial charge in [0.15, 0.2) is 5.82 Å². The third-order valence-electron chi connectivity index (χ3n) is 4.42. The van der Waals surface area contributed by atoms with Gasteiger partial charge in [-0.15, -0.1) is 0 Å². The smallest absolute Gasteiger partial charge is 0.239 e. The quantitative estimate of drug-likeness (QED) is 0.799. The normalized spacial score (nSPS) is 17.2. The van der Waals surface area contributed by atoms with Gasteiger partial charge in [-0.2, -0.15) is 0 Å². The van der Waals surface area contributed by atoms with Gasteiger partial charge in [0.05, 0.1) is 12.6 Å². The van der Waals surface area contributed by atoms with E-state index >= 15 is 0 Å². The van der Waals surface area contributed by atoms with E-state index in [2.05, 4.69) is 20.3 Å². The minimum absolute atomic E-state index is 0.108. The molecular formula is C18H23ClN4O3. The molecule has 1 saturated heterocycles. The molecule has 1 aromatic heterocycles. The Morgan fingerprint density at radius 2 is 2.00 bits per heavy atom. The summed E-state index contributed by atoms with van der Waals surface area (Å²) in [6.45, 7) is 5.73. The highest BCUT2D eigenvalue weighted by atomic mass is 35.5. The van der Waals surface area contributed by atoms with Crippen molar-refractivity contribution in [2.75, 3.05) is 44.6 Å². The summed E-state index contributed by atoms with van der Waals surface area (Å²) in [6, 6.07) is 9.04. The zero-order chi connectivity index (χ0) is 18.5. The van der Waals surface area contributed by atoms with Crippen molar-refractivity contribution in [3.8, 4) is 0 Å². The average Bonchev–Trinajstić information content (AvgIpc) is 3.01. The van der Waals surface area contributed by atoms with E-state index < -0.39 is 6.10 Å². The summed E-state index contributed by atoms with van der Waals surface area (Å²) in [4.78, 5) is 16.3. The number of benzene rings is 1. The lowest BCUT2D eigenvalue weighted by atomic mass is 10.1. The standard InChI is InChI=1S/C18H23ClN4O3/c1-13-10-17(21-26-13)20-18(25)12-23-8-6-22(7-9-23)11-16(24)14-4-2-3-5-15(14)19/h2-5,10,16,24H,6-9,11-12H2,1H3,(H,20,21,25). The maximum absolute atomic E-state index is 12.1. The van der Waals surface area contributed by atoms with Gasteiger partial charge in [0.1, 0.15) is 5.76 Å². The SMILES string of the molecule is Cc1cc(NC(=O)CN2CCN(CC(O)c3ccccc3Cl)CC2)no1. The van der Waals surface area contributed by atoms with E-state index in [0.717, 1.165) is 31.7 Å². The minimum atomic E-state index is -0.617. The van der Waals surface area contributed by atoms with E-state index in [1.807, 2.05) is 18.2 Å². The molecule has 0 aliphatic carbocycles. The molecule has 3 rings (SSSR count). The van der Waals surface area contributed by atoms with E-state index in [1.54, 1.807) is 19.1 Å². The van der Waals surface area contributed by atoms with E-state index in [4.69, 9.17) is 16.1 Å². The molecule has 1 unspecified atom stereocenters. The Morgan fingerprint density at radius 3 is 2.65 bits per heavy atom. The summed E-state index contributed by atoms with van der Waals surface area (Å²) >= 11 is 6.14. The molecule has 2 heterocycles. The number of carbonyl (C=O) groups excluding carboxylic acids is 1. The molecule has 7 nitrogen and oxygen atoms in total. The van der Waals surface area contributed by atoms with Gasteiger partial charge >= 0.3 is 0 Å². The molecule has 1 aliphatic heterocycles. The first-order valence-corrected chi connectivity index (χ1v) is 8.99. The molecule has 1 amide bonds.